The van der Waals surface area contributed by atoms with E-state index < -0.39 is 5.43 Å². The van der Waals surface area contributed by atoms with Crippen LogP contribution in [0.4, 0.5) is 0 Å². The molecule has 0 bridgehead atoms. The Morgan fingerprint density at radius 2 is 1.23 bits per heavy atom. The molecule has 30 heavy (non-hydrogen) atoms. The van der Waals surface area contributed by atoms with Crippen LogP contribution in [0.2, 0.25) is 0 Å². The Hall–Kier alpha value is -3.55. The van der Waals surface area contributed by atoms with Gasteiger partial charge in [0.05, 0.1) is 42.7 Å². The van der Waals surface area contributed by atoms with Gasteiger partial charge in [-0.25, -0.2) is 0 Å². The minimum Gasteiger partial charge on any atom is -0.496 e. The number of rotatable bonds is 7. The van der Waals surface area contributed by atoms with E-state index in [0.717, 1.165) is 5.56 Å². The van der Waals surface area contributed by atoms with E-state index in [0.29, 0.717) is 22.8 Å². The minimum absolute atomic E-state index is 0.0274. The Morgan fingerprint density at radius 1 is 0.667 bits per heavy atom. The first-order chi connectivity index (χ1) is 14.4. The van der Waals surface area contributed by atoms with Crippen molar-refractivity contribution in [1.29, 1.82) is 0 Å². The zero-order valence-corrected chi connectivity index (χ0v) is 18.0. The smallest absolute Gasteiger partial charge is 0.239 e. The number of fused-ring (bicyclic) bond motifs is 1. The number of ether oxygens (including phenoxy) is 6. The van der Waals surface area contributed by atoms with Crippen molar-refractivity contribution in [1.82, 2.24) is 0 Å². The molecule has 3 rings (SSSR count). The van der Waals surface area contributed by atoms with Crippen LogP contribution < -0.4 is 33.8 Å². The topological polar surface area (TPSA) is 85.6 Å². The van der Waals surface area contributed by atoms with E-state index in [1.807, 2.05) is 13.0 Å². The van der Waals surface area contributed by atoms with Crippen molar-refractivity contribution in [3.05, 3.63) is 34.0 Å². The first-order valence-electron chi connectivity index (χ1n) is 9.02. The van der Waals surface area contributed by atoms with Crippen LogP contribution in [-0.4, -0.2) is 42.7 Å². The summed E-state index contributed by atoms with van der Waals surface area (Å²) in [7, 11) is 8.91. The Balaban J connectivity index is 2.47. The molecule has 0 saturated carbocycles. The predicted octanol–water partition coefficient (Wildman–Crippen LogP) is 3.82. The largest absolute Gasteiger partial charge is 0.496 e. The van der Waals surface area contributed by atoms with Gasteiger partial charge >= 0.3 is 0 Å². The maximum Gasteiger partial charge on any atom is 0.239 e. The molecule has 0 spiro atoms. The van der Waals surface area contributed by atoms with Crippen molar-refractivity contribution in [3.8, 4) is 45.8 Å². The fourth-order valence-corrected chi connectivity index (χ4v) is 3.44. The van der Waals surface area contributed by atoms with Gasteiger partial charge in [-0.3, -0.25) is 4.79 Å². The first-order valence-corrected chi connectivity index (χ1v) is 9.02. The van der Waals surface area contributed by atoms with E-state index in [9.17, 15) is 4.79 Å². The molecule has 0 N–H and O–H groups in total. The molecule has 8 nitrogen and oxygen atoms in total. The van der Waals surface area contributed by atoms with E-state index in [2.05, 4.69) is 0 Å². The van der Waals surface area contributed by atoms with E-state index in [1.165, 1.54) is 35.5 Å². The third-order valence-electron chi connectivity index (χ3n) is 4.78. The summed E-state index contributed by atoms with van der Waals surface area (Å²) in [5.41, 5.74) is 1.15. The summed E-state index contributed by atoms with van der Waals surface area (Å²) in [6, 6.07) is 5.10. The summed E-state index contributed by atoms with van der Waals surface area (Å²) < 4.78 is 38.7. The highest BCUT2D eigenvalue weighted by molar-refractivity contribution is 5.93. The number of hydrogen-bond acceptors (Lipinski definition) is 8. The molecule has 1 aromatic heterocycles. The molecule has 2 aromatic carbocycles. The van der Waals surface area contributed by atoms with Crippen molar-refractivity contribution in [2.45, 2.75) is 6.92 Å². The second kappa shape index (κ2) is 8.44. The molecular formula is C22H24O8. The molecular weight excluding hydrogens is 392 g/mol. The summed E-state index contributed by atoms with van der Waals surface area (Å²) in [6.45, 7) is 1.86. The molecule has 0 saturated heterocycles. The summed E-state index contributed by atoms with van der Waals surface area (Å²) in [6.07, 6.45) is 0. The molecule has 0 unspecified atom stereocenters. The van der Waals surface area contributed by atoms with Crippen molar-refractivity contribution in [2.75, 3.05) is 42.7 Å². The average molecular weight is 416 g/mol. The van der Waals surface area contributed by atoms with E-state index in [1.54, 1.807) is 19.2 Å². The highest BCUT2D eigenvalue weighted by Crippen LogP contribution is 2.44. The van der Waals surface area contributed by atoms with Crippen LogP contribution in [-0.2, 0) is 0 Å². The highest BCUT2D eigenvalue weighted by Gasteiger charge is 2.26. The van der Waals surface area contributed by atoms with Crippen LogP contribution in [0.25, 0.3) is 22.3 Å². The molecule has 8 heteroatoms. The second-order valence-corrected chi connectivity index (χ2v) is 6.34. The standard InChI is InChI=1S/C22H24O8/c1-11-8-12(9-14(25-3)18(11)27-5)19-22(29-7)17(23)16-13(24-2)10-15(26-4)20(28-6)21(16)30-19/h8-10H,1-7H3. The van der Waals surface area contributed by atoms with E-state index >= 15 is 0 Å². The van der Waals surface area contributed by atoms with Crippen molar-refractivity contribution in [2.24, 2.45) is 0 Å². The lowest BCUT2D eigenvalue weighted by Gasteiger charge is -2.17. The Morgan fingerprint density at radius 3 is 1.77 bits per heavy atom. The number of aryl methyl sites for hydroxylation is 1. The fraction of sp³-hybridized carbons (Fsp3) is 0.318. The fourth-order valence-electron chi connectivity index (χ4n) is 3.44. The van der Waals surface area contributed by atoms with Crippen molar-refractivity contribution >= 4 is 11.0 Å². The molecule has 0 aliphatic carbocycles. The highest BCUT2D eigenvalue weighted by atomic mass is 16.5. The van der Waals surface area contributed by atoms with Crippen LogP contribution in [0.5, 0.6) is 34.5 Å². The predicted molar refractivity (Wildman–Crippen MR) is 112 cm³/mol. The van der Waals surface area contributed by atoms with Crippen molar-refractivity contribution in [3.63, 3.8) is 0 Å². The number of methoxy groups -OCH3 is 6. The zero-order chi connectivity index (χ0) is 22.0. The van der Waals surface area contributed by atoms with Crippen LogP contribution in [0.3, 0.4) is 0 Å². The van der Waals surface area contributed by atoms with Gasteiger partial charge in [0.2, 0.25) is 16.9 Å². The maximum atomic E-state index is 13.3. The molecule has 0 aliphatic rings. The van der Waals surface area contributed by atoms with Gasteiger partial charge in [-0.2, -0.15) is 0 Å². The third-order valence-corrected chi connectivity index (χ3v) is 4.78. The molecule has 0 radical (unpaired) electrons. The van der Waals surface area contributed by atoms with Crippen LogP contribution in [0.1, 0.15) is 5.56 Å². The van der Waals surface area contributed by atoms with Crippen LogP contribution in [0.15, 0.2) is 27.4 Å². The van der Waals surface area contributed by atoms with Gasteiger partial charge in [0.25, 0.3) is 0 Å². The quantitative estimate of drug-likeness (QED) is 0.575. The normalized spacial score (nSPS) is 10.6. The summed E-state index contributed by atoms with van der Waals surface area (Å²) in [4.78, 5) is 13.3. The Bertz CT molecular complexity index is 1150. The second-order valence-electron chi connectivity index (χ2n) is 6.34. The SMILES string of the molecule is COc1cc(-c2oc3c(OC)c(OC)cc(OC)c3c(=O)c2OC)cc(C)c1OC. The van der Waals surface area contributed by atoms with Gasteiger partial charge in [-0.15, -0.1) is 0 Å². The van der Waals surface area contributed by atoms with Crippen LogP contribution in [0, 0.1) is 6.92 Å². The lowest BCUT2D eigenvalue weighted by molar-refractivity contribution is 0.346. The van der Waals surface area contributed by atoms with Gasteiger partial charge in [0.1, 0.15) is 11.1 Å². The number of benzene rings is 2. The minimum atomic E-state index is -0.404. The van der Waals surface area contributed by atoms with E-state index in [4.69, 9.17) is 32.8 Å². The summed E-state index contributed by atoms with van der Waals surface area (Å²) in [5, 5.41) is 0.188. The number of hydrogen-bond donors (Lipinski definition) is 0. The molecule has 3 aromatic rings. The van der Waals surface area contributed by atoms with Crippen LogP contribution >= 0.6 is 0 Å². The van der Waals surface area contributed by atoms with Gasteiger partial charge < -0.3 is 32.8 Å². The maximum absolute atomic E-state index is 13.3. The monoisotopic (exact) mass is 416 g/mol. The summed E-state index contributed by atoms with van der Waals surface area (Å²) >= 11 is 0. The van der Waals surface area contributed by atoms with E-state index in [-0.39, 0.29) is 34.0 Å². The average Bonchev–Trinajstić information content (AvgIpc) is 2.76. The Labute approximate surface area is 173 Å². The van der Waals surface area contributed by atoms with Gasteiger partial charge in [0.15, 0.2) is 28.6 Å². The van der Waals surface area contributed by atoms with Gasteiger partial charge in [-0.05, 0) is 24.6 Å². The zero-order valence-electron chi connectivity index (χ0n) is 18.0. The lowest BCUT2D eigenvalue weighted by Crippen LogP contribution is -2.10. The molecule has 0 fully saturated rings. The molecule has 0 aliphatic heterocycles. The van der Waals surface area contributed by atoms with Crippen molar-refractivity contribution < 1.29 is 32.8 Å². The van der Waals surface area contributed by atoms with Gasteiger partial charge in [-0.1, -0.05) is 0 Å². The summed E-state index contributed by atoms with van der Waals surface area (Å²) in [5.74, 6) is 2.24. The first kappa shape index (κ1) is 21.2. The molecule has 1 heterocycles. The molecule has 0 atom stereocenters. The molecule has 0 amide bonds. The third kappa shape index (κ3) is 3.24. The Kier molecular flexibility index (Phi) is 5.96. The molecule has 160 valence electrons. The van der Waals surface area contributed by atoms with Gasteiger partial charge in [0, 0.05) is 11.6 Å². The lowest BCUT2D eigenvalue weighted by atomic mass is 10.0.